The Hall–Kier alpha value is -2.50. The number of piperazine rings is 1. The van der Waals surface area contributed by atoms with Gasteiger partial charge in [0.05, 0.1) is 12.2 Å². The summed E-state index contributed by atoms with van der Waals surface area (Å²) in [5.74, 6) is 0.0271. The fourth-order valence-corrected chi connectivity index (χ4v) is 6.24. The van der Waals surface area contributed by atoms with Crippen molar-refractivity contribution in [2.24, 2.45) is 0 Å². The molecule has 2 aromatic rings. The average molecular weight is 574 g/mol. The number of aliphatic hydroxyl groups is 2. The van der Waals surface area contributed by atoms with E-state index in [2.05, 4.69) is 62.0 Å². The van der Waals surface area contributed by atoms with Gasteiger partial charge in [-0.2, -0.15) is 0 Å². The van der Waals surface area contributed by atoms with Gasteiger partial charge in [-0.05, 0) is 64.3 Å². The molecule has 2 aliphatic rings. The van der Waals surface area contributed by atoms with Crippen molar-refractivity contribution in [2.45, 2.75) is 71.2 Å². The summed E-state index contributed by atoms with van der Waals surface area (Å²) in [4.78, 5) is 28.2. The third kappa shape index (κ3) is 7.03. The molecule has 220 valence electrons. The van der Waals surface area contributed by atoms with E-state index in [0.717, 1.165) is 64.1 Å². The second-order valence-corrected chi connectivity index (χ2v) is 11.9. The maximum atomic E-state index is 12.3. The summed E-state index contributed by atoms with van der Waals surface area (Å²) >= 11 is 6.48. The van der Waals surface area contributed by atoms with Gasteiger partial charge in [0.25, 0.3) is 5.91 Å². The largest absolute Gasteiger partial charge is 0.395 e. The van der Waals surface area contributed by atoms with E-state index in [1.165, 1.54) is 11.1 Å². The van der Waals surface area contributed by atoms with Crippen LogP contribution >= 0.6 is 11.6 Å². The van der Waals surface area contributed by atoms with E-state index < -0.39 is 11.5 Å². The molecule has 0 spiro atoms. The molecule has 2 saturated heterocycles. The van der Waals surface area contributed by atoms with Gasteiger partial charge in [0.15, 0.2) is 22.5 Å². The van der Waals surface area contributed by atoms with Gasteiger partial charge in [-0.1, -0.05) is 42.3 Å². The molecular formula is C29H44ClN7O3. The van der Waals surface area contributed by atoms with Gasteiger partial charge in [0, 0.05) is 44.8 Å². The number of nitrogen functional groups attached to an aromatic ring is 1. The Morgan fingerprint density at radius 1 is 1.20 bits per heavy atom. The summed E-state index contributed by atoms with van der Waals surface area (Å²) in [7, 11) is 0. The number of aromatic nitrogens is 2. The third-order valence-electron chi connectivity index (χ3n) is 8.12. The van der Waals surface area contributed by atoms with Crippen LogP contribution < -0.4 is 16.0 Å². The lowest BCUT2D eigenvalue weighted by Crippen LogP contribution is -2.58. The van der Waals surface area contributed by atoms with E-state index in [9.17, 15) is 9.90 Å². The lowest BCUT2D eigenvalue weighted by Gasteiger charge is -2.47. The van der Waals surface area contributed by atoms with Crippen LogP contribution in [-0.2, 0) is 12.1 Å². The number of anilines is 2. The zero-order valence-electron chi connectivity index (χ0n) is 24.2. The zero-order chi connectivity index (χ0) is 29.0. The first kappa shape index (κ1) is 30.5. The molecule has 10 nitrogen and oxygen atoms in total. The summed E-state index contributed by atoms with van der Waals surface area (Å²) in [5.41, 5.74) is 8.57. The van der Waals surface area contributed by atoms with Crippen LogP contribution in [0.25, 0.3) is 0 Å². The fourth-order valence-electron chi connectivity index (χ4n) is 5.99. The number of benzene rings is 1. The summed E-state index contributed by atoms with van der Waals surface area (Å²) < 4.78 is 0. The molecule has 2 fully saturated rings. The van der Waals surface area contributed by atoms with Gasteiger partial charge in [-0.25, -0.2) is 9.97 Å². The van der Waals surface area contributed by atoms with E-state index >= 15 is 0 Å². The number of hydrogen-bond donors (Lipinski definition) is 4. The maximum absolute atomic E-state index is 12.3. The van der Waals surface area contributed by atoms with Crippen molar-refractivity contribution in [3.05, 3.63) is 45.7 Å². The maximum Gasteiger partial charge on any atom is 0.273 e. The Morgan fingerprint density at radius 2 is 1.93 bits per heavy atom. The van der Waals surface area contributed by atoms with Gasteiger partial charge in [-0.15, -0.1) is 0 Å². The Labute approximate surface area is 242 Å². The minimum absolute atomic E-state index is 0.0269. The number of nitrogens with one attached hydrogen (secondary N) is 1. The fraction of sp³-hybridized carbons (Fsp3) is 0.621. The minimum atomic E-state index is -0.863. The SMILES string of the molecule is CC[C@H]1CN(c2nc(N)c(C(=O)NCCO)nc2Cl)CCN1C1CCN(Cc2ccc(C)cc2C(C)(C)O)CC1. The summed E-state index contributed by atoms with van der Waals surface area (Å²) in [6.45, 7) is 13.2. The van der Waals surface area contributed by atoms with Gasteiger partial charge in [-0.3, -0.25) is 14.6 Å². The number of aliphatic hydroxyl groups excluding tert-OH is 1. The average Bonchev–Trinajstić information content (AvgIpc) is 2.93. The number of rotatable bonds is 9. The van der Waals surface area contributed by atoms with E-state index in [-0.39, 0.29) is 29.8 Å². The van der Waals surface area contributed by atoms with E-state index in [0.29, 0.717) is 17.9 Å². The molecule has 1 aromatic heterocycles. The van der Waals surface area contributed by atoms with Crippen LogP contribution in [0, 0.1) is 6.92 Å². The highest BCUT2D eigenvalue weighted by Gasteiger charge is 2.35. The number of piperidine rings is 1. The van der Waals surface area contributed by atoms with Crippen LogP contribution in [0.2, 0.25) is 5.15 Å². The zero-order valence-corrected chi connectivity index (χ0v) is 24.9. The van der Waals surface area contributed by atoms with Crippen LogP contribution in [0.1, 0.15) is 67.2 Å². The number of carbonyl (C=O) groups excluding carboxylic acids is 1. The molecule has 1 amide bonds. The summed E-state index contributed by atoms with van der Waals surface area (Å²) in [6.07, 6.45) is 3.20. The van der Waals surface area contributed by atoms with Crippen molar-refractivity contribution >= 4 is 29.1 Å². The topological polar surface area (TPSA) is 131 Å². The molecule has 40 heavy (non-hydrogen) atoms. The second-order valence-electron chi connectivity index (χ2n) is 11.5. The number of likely N-dealkylation sites (tertiary alicyclic amines) is 1. The molecule has 1 atom stereocenters. The van der Waals surface area contributed by atoms with E-state index in [1.807, 2.05) is 13.8 Å². The molecule has 0 bridgehead atoms. The van der Waals surface area contributed by atoms with E-state index in [1.54, 1.807) is 0 Å². The van der Waals surface area contributed by atoms with Gasteiger partial charge >= 0.3 is 0 Å². The molecular weight excluding hydrogens is 530 g/mol. The third-order valence-corrected chi connectivity index (χ3v) is 8.37. The van der Waals surface area contributed by atoms with Crippen molar-refractivity contribution in [3.63, 3.8) is 0 Å². The Balaban J connectivity index is 1.37. The summed E-state index contributed by atoms with van der Waals surface area (Å²) in [6, 6.07) is 7.26. The second kappa shape index (κ2) is 13.0. The highest BCUT2D eigenvalue weighted by molar-refractivity contribution is 6.32. The normalized spacial score (nSPS) is 19.7. The number of halogens is 1. The van der Waals surface area contributed by atoms with Crippen LogP contribution in [0.3, 0.4) is 0 Å². The molecule has 2 aliphatic heterocycles. The monoisotopic (exact) mass is 573 g/mol. The Morgan fingerprint density at radius 3 is 2.58 bits per heavy atom. The van der Waals surface area contributed by atoms with Crippen LogP contribution in [-0.4, -0.2) is 93.8 Å². The molecule has 1 aromatic carbocycles. The first-order valence-corrected chi connectivity index (χ1v) is 14.7. The van der Waals surface area contributed by atoms with Crippen molar-refractivity contribution in [1.29, 1.82) is 0 Å². The van der Waals surface area contributed by atoms with Crippen LogP contribution in [0.4, 0.5) is 11.6 Å². The highest BCUT2D eigenvalue weighted by atomic mass is 35.5. The standard InChI is InChI=1S/C29H44ClN7O3/c1-5-21-18-36(27-25(30)33-24(26(31)34-27)28(39)32-10-15-38)13-14-37(21)22-8-11-35(12-9-22)17-20-7-6-19(2)16-23(20)29(3,4)40/h6-7,16,21-22,38,40H,5,8-15,17-18H2,1-4H3,(H2,31,34)(H,32,39)/t21-/m0/s1. The predicted molar refractivity (Wildman–Crippen MR) is 159 cm³/mol. The van der Waals surface area contributed by atoms with Gasteiger partial charge in [0.1, 0.15) is 0 Å². The smallest absolute Gasteiger partial charge is 0.273 e. The molecule has 0 unspecified atom stereocenters. The number of amides is 1. The van der Waals surface area contributed by atoms with Crippen molar-refractivity contribution < 1.29 is 15.0 Å². The molecule has 0 radical (unpaired) electrons. The van der Waals surface area contributed by atoms with Gasteiger partial charge < -0.3 is 26.2 Å². The van der Waals surface area contributed by atoms with Crippen LogP contribution in [0.5, 0.6) is 0 Å². The minimum Gasteiger partial charge on any atom is -0.395 e. The number of nitrogens with zero attached hydrogens (tertiary/aromatic N) is 5. The number of hydrogen-bond acceptors (Lipinski definition) is 9. The molecule has 0 saturated carbocycles. The lowest BCUT2D eigenvalue weighted by molar-refractivity contribution is 0.0583. The highest BCUT2D eigenvalue weighted by Crippen LogP contribution is 2.31. The van der Waals surface area contributed by atoms with Crippen molar-refractivity contribution in [1.82, 2.24) is 25.1 Å². The predicted octanol–water partition coefficient (Wildman–Crippen LogP) is 2.54. The van der Waals surface area contributed by atoms with Crippen molar-refractivity contribution in [3.8, 4) is 0 Å². The molecule has 3 heterocycles. The van der Waals surface area contributed by atoms with E-state index in [4.69, 9.17) is 22.4 Å². The van der Waals surface area contributed by atoms with Crippen molar-refractivity contribution in [2.75, 3.05) is 56.5 Å². The number of aryl methyl sites for hydroxylation is 1. The van der Waals surface area contributed by atoms with Crippen LogP contribution in [0.15, 0.2) is 18.2 Å². The Kier molecular flexibility index (Phi) is 9.89. The molecule has 5 N–H and O–H groups in total. The number of carbonyl (C=O) groups is 1. The lowest BCUT2D eigenvalue weighted by atomic mass is 9.90. The first-order chi connectivity index (χ1) is 19.0. The van der Waals surface area contributed by atoms with Gasteiger partial charge in [0.2, 0.25) is 0 Å². The number of nitrogens with two attached hydrogens (primary N) is 1. The molecule has 0 aliphatic carbocycles. The molecule has 11 heteroatoms. The quantitative estimate of drug-likeness (QED) is 0.357. The Bertz CT molecular complexity index is 1180. The summed E-state index contributed by atoms with van der Waals surface area (Å²) in [5, 5.41) is 22.4. The molecule has 4 rings (SSSR count). The first-order valence-electron chi connectivity index (χ1n) is 14.3.